The van der Waals surface area contributed by atoms with Gasteiger partial charge in [-0.05, 0) is 43.9 Å². The summed E-state index contributed by atoms with van der Waals surface area (Å²) in [4.78, 5) is 9.44. The van der Waals surface area contributed by atoms with Gasteiger partial charge in [-0.15, -0.1) is 0 Å². The minimum Gasteiger partial charge on any atom is -0.508 e. The van der Waals surface area contributed by atoms with Crippen LogP contribution in [0.1, 0.15) is 44.7 Å². The highest BCUT2D eigenvalue weighted by Gasteiger charge is 2.03. The Kier molecular flexibility index (Phi) is 5.68. The number of phenolic OH excluding ortho intramolecular Hbond substituents is 1. The van der Waals surface area contributed by atoms with E-state index in [1.54, 1.807) is 6.07 Å². The van der Waals surface area contributed by atoms with Crippen LogP contribution in [-0.4, -0.2) is 10.9 Å². The van der Waals surface area contributed by atoms with Crippen LogP contribution in [0.2, 0.25) is 0 Å². The molecule has 0 saturated carbocycles. The third-order valence-electron chi connectivity index (χ3n) is 1.81. The van der Waals surface area contributed by atoms with Crippen molar-refractivity contribution in [2.75, 3.05) is 0 Å². The molecule has 1 aromatic carbocycles. The van der Waals surface area contributed by atoms with Crippen molar-refractivity contribution in [2.24, 2.45) is 0 Å². The summed E-state index contributed by atoms with van der Waals surface area (Å²) >= 11 is 0. The maximum absolute atomic E-state index is 9.46. The number of rotatable bonds is 1. The number of aryl methyl sites for hydroxylation is 1. The molecule has 84 valence electrons. The lowest BCUT2D eigenvalue weighted by Crippen LogP contribution is -1.87. The van der Waals surface area contributed by atoms with Crippen LogP contribution in [0.4, 0.5) is 0 Å². The van der Waals surface area contributed by atoms with Crippen LogP contribution in [0.3, 0.4) is 0 Å². The molecule has 0 atom stereocenters. The van der Waals surface area contributed by atoms with E-state index in [0.717, 1.165) is 11.1 Å². The monoisotopic (exact) mass is 208 g/mol. The molecule has 0 bridgehead atoms. The Labute approximate surface area is 91.9 Å². The number of ketones is 1. The molecular formula is C13H20O2. The molecule has 15 heavy (non-hydrogen) atoms. The Morgan fingerprint density at radius 1 is 1.27 bits per heavy atom. The smallest absolute Gasteiger partial charge is 0.126 e. The van der Waals surface area contributed by atoms with Gasteiger partial charge in [0.2, 0.25) is 0 Å². The fraction of sp³-hybridized carbons (Fsp3) is 0.462. The number of carbonyl (C=O) groups is 1. The van der Waals surface area contributed by atoms with Crippen molar-refractivity contribution in [1.82, 2.24) is 0 Å². The topological polar surface area (TPSA) is 37.3 Å². The van der Waals surface area contributed by atoms with E-state index in [0.29, 0.717) is 11.7 Å². The summed E-state index contributed by atoms with van der Waals surface area (Å²) in [5.41, 5.74) is 2.13. The third kappa shape index (κ3) is 5.89. The molecule has 0 unspecified atom stereocenters. The zero-order valence-electron chi connectivity index (χ0n) is 10.2. The van der Waals surface area contributed by atoms with E-state index in [4.69, 9.17) is 0 Å². The van der Waals surface area contributed by atoms with E-state index in [9.17, 15) is 9.90 Å². The average molecular weight is 208 g/mol. The fourth-order valence-corrected chi connectivity index (χ4v) is 1.14. The molecule has 0 radical (unpaired) electrons. The van der Waals surface area contributed by atoms with Crippen LogP contribution in [0.5, 0.6) is 5.75 Å². The SMILES string of the molecule is CC(C)=O.Cc1ccc(C(C)C)c(O)c1. The van der Waals surface area contributed by atoms with E-state index >= 15 is 0 Å². The first-order valence-electron chi connectivity index (χ1n) is 5.11. The van der Waals surface area contributed by atoms with Crippen LogP contribution in [0.15, 0.2) is 18.2 Å². The van der Waals surface area contributed by atoms with Crippen LogP contribution in [0.25, 0.3) is 0 Å². The van der Waals surface area contributed by atoms with E-state index in [2.05, 4.69) is 13.8 Å². The number of carbonyl (C=O) groups excluding carboxylic acids is 1. The average Bonchev–Trinajstić information content (AvgIpc) is 2.01. The summed E-state index contributed by atoms with van der Waals surface area (Å²) in [7, 11) is 0. The van der Waals surface area contributed by atoms with E-state index in [1.807, 2.05) is 19.1 Å². The molecule has 0 aliphatic carbocycles. The van der Waals surface area contributed by atoms with Crippen molar-refractivity contribution in [3.63, 3.8) is 0 Å². The van der Waals surface area contributed by atoms with Crippen molar-refractivity contribution in [2.45, 2.75) is 40.5 Å². The Bertz CT molecular complexity index is 323. The Balaban J connectivity index is 0.000000423. The van der Waals surface area contributed by atoms with Crippen LogP contribution >= 0.6 is 0 Å². The van der Waals surface area contributed by atoms with Crippen molar-refractivity contribution >= 4 is 5.78 Å². The van der Waals surface area contributed by atoms with Gasteiger partial charge in [0.05, 0.1) is 0 Å². The first kappa shape index (κ1) is 13.7. The summed E-state index contributed by atoms with van der Waals surface area (Å²) in [6.07, 6.45) is 0. The molecule has 2 nitrogen and oxygen atoms in total. The van der Waals surface area contributed by atoms with Gasteiger partial charge in [0.1, 0.15) is 11.5 Å². The molecule has 0 aliphatic heterocycles. The third-order valence-corrected chi connectivity index (χ3v) is 1.81. The summed E-state index contributed by atoms with van der Waals surface area (Å²) < 4.78 is 0. The number of benzene rings is 1. The van der Waals surface area contributed by atoms with Crippen molar-refractivity contribution < 1.29 is 9.90 Å². The number of Topliss-reactive ketones (excluding diaryl/α,β-unsaturated/α-hetero) is 1. The highest BCUT2D eigenvalue weighted by Crippen LogP contribution is 2.25. The van der Waals surface area contributed by atoms with Gasteiger partial charge >= 0.3 is 0 Å². The second-order valence-corrected chi connectivity index (χ2v) is 4.13. The van der Waals surface area contributed by atoms with E-state index in [-0.39, 0.29) is 5.78 Å². The largest absolute Gasteiger partial charge is 0.508 e. The summed E-state index contributed by atoms with van der Waals surface area (Å²) in [6, 6.07) is 5.81. The molecule has 1 N–H and O–H groups in total. The molecule has 0 heterocycles. The fourth-order valence-electron chi connectivity index (χ4n) is 1.14. The number of hydrogen-bond acceptors (Lipinski definition) is 2. The molecule has 0 amide bonds. The number of phenols is 1. The summed E-state index contributed by atoms with van der Waals surface area (Å²) in [5.74, 6) is 0.982. The quantitative estimate of drug-likeness (QED) is 0.767. The predicted molar refractivity (Wildman–Crippen MR) is 63.3 cm³/mol. The lowest BCUT2D eigenvalue weighted by Gasteiger charge is -2.07. The highest BCUT2D eigenvalue weighted by molar-refractivity contribution is 5.72. The Morgan fingerprint density at radius 2 is 1.73 bits per heavy atom. The minimum absolute atomic E-state index is 0.167. The lowest BCUT2D eigenvalue weighted by atomic mass is 10.0. The minimum atomic E-state index is 0.167. The van der Waals surface area contributed by atoms with Gasteiger partial charge in [-0.25, -0.2) is 0 Å². The van der Waals surface area contributed by atoms with Crippen molar-refractivity contribution in [1.29, 1.82) is 0 Å². The predicted octanol–water partition coefficient (Wildman–Crippen LogP) is 3.42. The Morgan fingerprint density at radius 3 is 2.07 bits per heavy atom. The molecule has 0 saturated heterocycles. The first-order chi connectivity index (χ1) is 6.84. The standard InChI is InChI=1S/C10H14O.C3H6O/c1-7(2)9-5-4-8(3)6-10(9)11;1-3(2)4/h4-7,11H,1-3H3;1-2H3. The van der Waals surface area contributed by atoms with E-state index < -0.39 is 0 Å². The summed E-state index contributed by atoms with van der Waals surface area (Å²) in [5, 5.41) is 9.46. The zero-order valence-corrected chi connectivity index (χ0v) is 10.2. The second kappa shape index (κ2) is 6.23. The Hall–Kier alpha value is -1.31. The van der Waals surface area contributed by atoms with Gasteiger partial charge in [0.15, 0.2) is 0 Å². The van der Waals surface area contributed by atoms with Gasteiger partial charge in [-0.1, -0.05) is 26.0 Å². The summed E-state index contributed by atoms with van der Waals surface area (Å²) in [6.45, 7) is 9.18. The molecule has 1 rings (SSSR count). The van der Waals surface area contributed by atoms with E-state index in [1.165, 1.54) is 13.8 Å². The van der Waals surface area contributed by atoms with Gasteiger partial charge in [0.25, 0.3) is 0 Å². The van der Waals surface area contributed by atoms with Crippen LogP contribution in [-0.2, 0) is 4.79 Å². The zero-order chi connectivity index (χ0) is 12.0. The lowest BCUT2D eigenvalue weighted by molar-refractivity contribution is -0.114. The van der Waals surface area contributed by atoms with Crippen molar-refractivity contribution in [3.8, 4) is 5.75 Å². The normalized spacial score (nSPS) is 9.47. The molecular weight excluding hydrogens is 188 g/mol. The van der Waals surface area contributed by atoms with Gasteiger partial charge in [-0.2, -0.15) is 0 Å². The van der Waals surface area contributed by atoms with Crippen LogP contribution in [0, 0.1) is 6.92 Å². The second-order valence-electron chi connectivity index (χ2n) is 4.13. The van der Waals surface area contributed by atoms with Gasteiger partial charge in [0, 0.05) is 0 Å². The highest BCUT2D eigenvalue weighted by atomic mass is 16.3. The maximum Gasteiger partial charge on any atom is 0.126 e. The molecule has 0 aliphatic rings. The van der Waals surface area contributed by atoms with Gasteiger partial charge < -0.3 is 9.90 Å². The maximum atomic E-state index is 9.46. The number of hydrogen-bond donors (Lipinski definition) is 1. The van der Waals surface area contributed by atoms with Crippen molar-refractivity contribution in [3.05, 3.63) is 29.3 Å². The number of aromatic hydroxyl groups is 1. The molecule has 1 aromatic rings. The molecule has 2 heteroatoms. The van der Waals surface area contributed by atoms with Crippen LogP contribution < -0.4 is 0 Å². The van der Waals surface area contributed by atoms with Gasteiger partial charge in [-0.3, -0.25) is 0 Å². The molecule has 0 spiro atoms. The first-order valence-corrected chi connectivity index (χ1v) is 5.11. The molecule has 0 fully saturated rings. The molecule has 0 aromatic heterocycles.